The van der Waals surface area contributed by atoms with Crippen molar-refractivity contribution in [2.45, 2.75) is 13.8 Å². The quantitative estimate of drug-likeness (QED) is 0.497. The third-order valence-electron chi connectivity index (χ3n) is 4.78. The first-order chi connectivity index (χ1) is 14.4. The smallest absolute Gasteiger partial charge is 0.262 e. The molecule has 4 rings (SSSR count). The van der Waals surface area contributed by atoms with Crippen molar-refractivity contribution < 1.29 is 9.53 Å². The highest BCUT2D eigenvalue weighted by molar-refractivity contribution is 6.33. The first-order valence-corrected chi connectivity index (χ1v) is 9.89. The Morgan fingerprint density at radius 2 is 1.90 bits per heavy atom. The Hall–Kier alpha value is -3.38. The molecule has 0 saturated heterocycles. The van der Waals surface area contributed by atoms with Gasteiger partial charge in [-0.15, -0.1) is 0 Å². The fourth-order valence-electron chi connectivity index (χ4n) is 3.39. The number of anilines is 1. The molecule has 30 heavy (non-hydrogen) atoms. The number of fused-ring (bicyclic) bond motifs is 1. The van der Waals surface area contributed by atoms with Gasteiger partial charge >= 0.3 is 0 Å². The summed E-state index contributed by atoms with van der Waals surface area (Å²) in [5.41, 5.74) is 5.14. The second kappa shape index (κ2) is 8.16. The summed E-state index contributed by atoms with van der Waals surface area (Å²) in [7, 11) is 1.84. The molecule has 6 nitrogen and oxygen atoms in total. The number of aromatic nitrogens is 3. The summed E-state index contributed by atoms with van der Waals surface area (Å²) in [6.07, 6.45) is 0. The zero-order valence-corrected chi connectivity index (χ0v) is 17.7. The molecule has 152 valence electrons. The molecule has 0 bridgehead atoms. The van der Waals surface area contributed by atoms with E-state index in [0.717, 1.165) is 27.8 Å². The molecule has 2 heterocycles. The van der Waals surface area contributed by atoms with Crippen molar-refractivity contribution in [2.24, 2.45) is 7.05 Å². The van der Waals surface area contributed by atoms with Crippen molar-refractivity contribution in [3.8, 4) is 17.0 Å². The molecule has 4 aromatic rings. The summed E-state index contributed by atoms with van der Waals surface area (Å²) < 4.78 is 7.45. The zero-order chi connectivity index (χ0) is 21.3. The van der Waals surface area contributed by atoms with Crippen molar-refractivity contribution in [1.29, 1.82) is 0 Å². The first kappa shape index (κ1) is 19.9. The van der Waals surface area contributed by atoms with Crippen LogP contribution in [0.3, 0.4) is 0 Å². The number of amides is 1. The van der Waals surface area contributed by atoms with Crippen LogP contribution >= 0.6 is 11.6 Å². The minimum atomic E-state index is -0.315. The van der Waals surface area contributed by atoms with Crippen LogP contribution in [-0.4, -0.2) is 27.3 Å². The number of benzene rings is 2. The minimum Gasteiger partial charge on any atom is -0.467 e. The van der Waals surface area contributed by atoms with E-state index in [1.54, 1.807) is 16.8 Å². The van der Waals surface area contributed by atoms with Crippen molar-refractivity contribution in [3.63, 3.8) is 0 Å². The van der Waals surface area contributed by atoms with Gasteiger partial charge in [0.15, 0.2) is 12.3 Å². The monoisotopic (exact) mass is 420 g/mol. The summed E-state index contributed by atoms with van der Waals surface area (Å²) >= 11 is 6.19. The number of carbonyl (C=O) groups excluding carboxylic acids is 1. The summed E-state index contributed by atoms with van der Waals surface area (Å²) in [5, 5.41) is 8.71. The maximum Gasteiger partial charge on any atom is 0.262 e. The Labute approximate surface area is 179 Å². The van der Waals surface area contributed by atoms with Crippen LogP contribution in [0.25, 0.3) is 22.2 Å². The number of carbonyl (C=O) groups is 1. The molecule has 0 aliphatic carbocycles. The van der Waals surface area contributed by atoms with Crippen LogP contribution in [0.15, 0.2) is 54.6 Å². The number of hydrogen-bond acceptors (Lipinski definition) is 4. The minimum absolute atomic E-state index is 0.187. The van der Waals surface area contributed by atoms with Gasteiger partial charge in [-0.25, -0.2) is 0 Å². The van der Waals surface area contributed by atoms with Crippen LogP contribution < -0.4 is 10.1 Å². The molecule has 0 spiro atoms. The van der Waals surface area contributed by atoms with E-state index < -0.39 is 0 Å². The second-order valence-corrected chi connectivity index (χ2v) is 7.51. The summed E-state index contributed by atoms with van der Waals surface area (Å²) in [6, 6.07) is 17.3. The van der Waals surface area contributed by atoms with E-state index in [4.69, 9.17) is 16.3 Å². The van der Waals surface area contributed by atoms with Crippen LogP contribution in [0.2, 0.25) is 5.02 Å². The van der Waals surface area contributed by atoms with Crippen molar-refractivity contribution >= 4 is 34.2 Å². The van der Waals surface area contributed by atoms with E-state index in [9.17, 15) is 4.79 Å². The lowest BCUT2D eigenvalue weighted by Gasteiger charge is -2.11. The first-order valence-electron chi connectivity index (χ1n) is 9.51. The van der Waals surface area contributed by atoms with Crippen LogP contribution in [0.1, 0.15) is 11.3 Å². The third-order valence-corrected chi connectivity index (χ3v) is 5.09. The molecule has 2 aromatic heterocycles. The number of ether oxygens (including phenoxy) is 1. The lowest BCUT2D eigenvalue weighted by Crippen LogP contribution is -2.20. The van der Waals surface area contributed by atoms with Crippen LogP contribution in [0.5, 0.6) is 5.88 Å². The molecule has 0 saturated carbocycles. The number of hydrogen-bond donors (Lipinski definition) is 1. The summed E-state index contributed by atoms with van der Waals surface area (Å²) in [6.45, 7) is 3.70. The third kappa shape index (κ3) is 4.00. The molecule has 2 aromatic carbocycles. The molecular formula is C23H21ClN4O2. The van der Waals surface area contributed by atoms with Gasteiger partial charge in [0.25, 0.3) is 5.91 Å². The number of halogens is 1. The van der Waals surface area contributed by atoms with Crippen LogP contribution in [-0.2, 0) is 11.8 Å². The topological polar surface area (TPSA) is 69.0 Å². The van der Waals surface area contributed by atoms with Gasteiger partial charge in [0, 0.05) is 13.1 Å². The van der Waals surface area contributed by atoms with E-state index in [-0.39, 0.29) is 12.5 Å². The van der Waals surface area contributed by atoms with Crippen molar-refractivity contribution in [3.05, 3.63) is 70.9 Å². The number of aryl methyl sites for hydroxylation is 3. The molecule has 0 aliphatic heterocycles. The standard InChI is InChI=1S/C23H21ClN4O2/c1-14-9-10-19(18(24)11-14)25-20(29)13-30-21-12-17(16-7-5-4-6-8-16)22-15(2)27-28(3)23(22)26-21/h4-12H,13H2,1-3H3,(H,25,29). The number of rotatable bonds is 5. The SMILES string of the molecule is Cc1ccc(NC(=O)COc2cc(-c3ccccc3)c3c(C)nn(C)c3n2)c(Cl)c1. The average molecular weight is 421 g/mol. The Bertz CT molecular complexity index is 1240. The molecule has 0 aliphatic rings. The molecular weight excluding hydrogens is 400 g/mol. The Balaban J connectivity index is 1.60. The lowest BCUT2D eigenvalue weighted by atomic mass is 10.0. The van der Waals surface area contributed by atoms with E-state index >= 15 is 0 Å². The highest BCUT2D eigenvalue weighted by Gasteiger charge is 2.16. The Morgan fingerprint density at radius 1 is 1.13 bits per heavy atom. The molecule has 1 amide bonds. The fourth-order valence-corrected chi connectivity index (χ4v) is 3.67. The summed E-state index contributed by atoms with van der Waals surface area (Å²) in [4.78, 5) is 16.9. The second-order valence-electron chi connectivity index (χ2n) is 7.10. The van der Waals surface area contributed by atoms with Gasteiger partial charge in [0.2, 0.25) is 5.88 Å². The van der Waals surface area contributed by atoms with Gasteiger partial charge in [-0.05, 0) is 42.7 Å². The molecule has 1 N–H and O–H groups in total. The van der Waals surface area contributed by atoms with Crippen LogP contribution in [0.4, 0.5) is 5.69 Å². The maximum absolute atomic E-state index is 12.4. The Morgan fingerprint density at radius 3 is 2.63 bits per heavy atom. The molecule has 0 fully saturated rings. The van der Waals surface area contributed by atoms with Gasteiger partial charge in [-0.3, -0.25) is 9.48 Å². The molecule has 7 heteroatoms. The van der Waals surface area contributed by atoms with E-state index in [1.165, 1.54) is 0 Å². The van der Waals surface area contributed by atoms with Gasteiger partial charge in [0.1, 0.15) is 0 Å². The predicted molar refractivity (Wildman–Crippen MR) is 119 cm³/mol. The highest BCUT2D eigenvalue weighted by atomic mass is 35.5. The molecule has 0 unspecified atom stereocenters. The van der Waals surface area contributed by atoms with E-state index in [2.05, 4.69) is 15.4 Å². The van der Waals surface area contributed by atoms with Crippen molar-refractivity contribution in [2.75, 3.05) is 11.9 Å². The lowest BCUT2D eigenvalue weighted by molar-refractivity contribution is -0.118. The van der Waals surface area contributed by atoms with Gasteiger partial charge in [-0.2, -0.15) is 10.1 Å². The van der Waals surface area contributed by atoms with E-state index in [1.807, 2.05) is 63.4 Å². The van der Waals surface area contributed by atoms with Gasteiger partial charge in [0.05, 0.1) is 21.8 Å². The fraction of sp³-hybridized carbons (Fsp3) is 0.174. The Kier molecular flexibility index (Phi) is 5.42. The van der Waals surface area contributed by atoms with Crippen molar-refractivity contribution in [1.82, 2.24) is 14.8 Å². The molecule has 0 atom stereocenters. The zero-order valence-electron chi connectivity index (χ0n) is 16.9. The number of nitrogens with one attached hydrogen (secondary N) is 1. The number of pyridine rings is 1. The van der Waals surface area contributed by atoms with E-state index in [0.29, 0.717) is 22.2 Å². The molecule has 0 radical (unpaired) electrons. The van der Waals surface area contributed by atoms with Gasteiger partial charge < -0.3 is 10.1 Å². The normalized spacial score (nSPS) is 10.9. The average Bonchev–Trinajstić information content (AvgIpc) is 3.02. The highest BCUT2D eigenvalue weighted by Crippen LogP contribution is 2.32. The van der Waals surface area contributed by atoms with Crippen LogP contribution in [0, 0.1) is 13.8 Å². The van der Waals surface area contributed by atoms with Gasteiger partial charge in [-0.1, -0.05) is 48.0 Å². The maximum atomic E-state index is 12.4. The summed E-state index contributed by atoms with van der Waals surface area (Å²) in [5.74, 6) is 0.0413. The largest absolute Gasteiger partial charge is 0.467 e. The number of nitrogens with zero attached hydrogens (tertiary/aromatic N) is 3. The predicted octanol–water partition coefficient (Wildman–Crippen LogP) is 4.92.